The van der Waals surface area contributed by atoms with E-state index in [2.05, 4.69) is 4.72 Å². The minimum absolute atomic E-state index is 0.0478. The molecule has 1 fully saturated rings. The summed E-state index contributed by atoms with van der Waals surface area (Å²) in [6.45, 7) is 1.84. The van der Waals surface area contributed by atoms with Crippen LogP contribution < -0.4 is 14.3 Å². The summed E-state index contributed by atoms with van der Waals surface area (Å²) in [6.07, 6.45) is 2.30. The fourth-order valence-corrected chi connectivity index (χ4v) is 5.75. The number of nitrogens with one attached hydrogen (secondary N) is 1. The Morgan fingerprint density at radius 1 is 1.13 bits per heavy atom. The van der Waals surface area contributed by atoms with Gasteiger partial charge in [-0.05, 0) is 55.3 Å². The van der Waals surface area contributed by atoms with Crippen LogP contribution in [0.2, 0.25) is 0 Å². The topological polar surface area (TPSA) is 97.7 Å². The number of methoxy groups -OCH3 is 1. The number of anilines is 1. The summed E-state index contributed by atoms with van der Waals surface area (Å²) in [5, 5.41) is 0. The highest BCUT2D eigenvalue weighted by Gasteiger charge is 2.20. The van der Waals surface area contributed by atoms with Crippen LogP contribution in [0, 0.1) is 0 Å². The summed E-state index contributed by atoms with van der Waals surface area (Å²) in [7, 11) is -2.28. The second-order valence-corrected chi connectivity index (χ2v) is 10.00. The number of hydrogen-bond acceptors (Lipinski definition) is 6. The molecule has 164 valence electrons. The molecule has 8 nitrogen and oxygen atoms in total. The Hall–Kier alpha value is -2.85. The monoisotopic (exact) mass is 461 g/mol. The predicted molar refractivity (Wildman–Crippen MR) is 120 cm³/mol. The van der Waals surface area contributed by atoms with Crippen LogP contribution in [0.15, 0.2) is 52.2 Å². The number of fused-ring (bicyclic) bond motifs is 1. The lowest BCUT2D eigenvalue weighted by atomic mass is 10.3. The Labute approximate surface area is 184 Å². The van der Waals surface area contributed by atoms with Crippen LogP contribution in [0.3, 0.4) is 0 Å². The lowest BCUT2D eigenvalue weighted by Crippen LogP contribution is -2.29. The Bertz CT molecular complexity index is 1260. The van der Waals surface area contributed by atoms with Crippen molar-refractivity contribution >= 4 is 43.2 Å². The number of aromatic nitrogens is 1. The van der Waals surface area contributed by atoms with Gasteiger partial charge in [0.2, 0.25) is 5.91 Å². The molecule has 0 unspecified atom stereocenters. The maximum absolute atomic E-state index is 12.8. The quantitative estimate of drug-likeness (QED) is 0.584. The molecule has 10 heteroatoms. The van der Waals surface area contributed by atoms with Crippen molar-refractivity contribution in [2.45, 2.75) is 30.7 Å². The first-order valence-corrected chi connectivity index (χ1v) is 12.3. The molecule has 1 aromatic heterocycles. The SMILES string of the molecule is COc1ccc(NS(=O)(=O)c2ccc3c(c2)sc(=O)n3CCC(=O)N2CCCC2)cc1. The zero-order valence-corrected chi connectivity index (χ0v) is 18.7. The van der Waals surface area contributed by atoms with Gasteiger partial charge in [0.15, 0.2) is 0 Å². The second kappa shape index (κ2) is 8.72. The predicted octanol–water partition coefficient (Wildman–Crippen LogP) is 2.88. The molecule has 2 heterocycles. The number of hydrogen-bond donors (Lipinski definition) is 1. The molecule has 1 amide bonds. The van der Waals surface area contributed by atoms with E-state index in [-0.39, 0.29) is 28.6 Å². The minimum Gasteiger partial charge on any atom is -0.497 e. The average molecular weight is 462 g/mol. The van der Waals surface area contributed by atoms with Gasteiger partial charge in [0.25, 0.3) is 10.0 Å². The fraction of sp³-hybridized carbons (Fsp3) is 0.333. The Kier molecular flexibility index (Phi) is 6.01. The molecule has 1 N–H and O–H groups in total. The van der Waals surface area contributed by atoms with E-state index in [0.29, 0.717) is 21.7 Å². The van der Waals surface area contributed by atoms with Crippen molar-refractivity contribution in [3.05, 3.63) is 52.1 Å². The second-order valence-electron chi connectivity index (χ2n) is 7.32. The van der Waals surface area contributed by atoms with Crippen LogP contribution in [0.4, 0.5) is 5.69 Å². The summed E-state index contributed by atoms with van der Waals surface area (Å²) < 4.78 is 35.3. The zero-order chi connectivity index (χ0) is 22.0. The minimum atomic E-state index is -3.82. The Morgan fingerprint density at radius 3 is 2.52 bits per heavy atom. The first kappa shape index (κ1) is 21.4. The van der Waals surface area contributed by atoms with Crippen molar-refractivity contribution in [1.29, 1.82) is 0 Å². The molecule has 0 saturated carbocycles. The van der Waals surface area contributed by atoms with Gasteiger partial charge >= 0.3 is 4.87 Å². The van der Waals surface area contributed by atoms with Gasteiger partial charge < -0.3 is 9.64 Å². The van der Waals surface area contributed by atoms with Crippen LogP contribution in [0.1, 0.15) is 19.3 Å². The fourth-order valence-electron chi connectivity index (χ4n) is 3.63. The highest BCUT2D eigenvalue weighted by molar-refractivity contribution is 7.92. The summed E-state index contributed by atoms with van der Waals surface area (Å²) >= 11 is 0.978. The molecule has 0 spiro atoms. The zero-order valence-electron chi connectivity index (χ0n) is 17.0. The van der Waals surface area contributed by atoms with Gasteiger partial charge in [-0.15, -0.1) is 0 Å². The number of ether oxygens (including phenoxy) is 1. The number of sulfonamides is 1. The normalized spacial score (nSPS) is 14.2. The van der Waals surface area contributed by atoms with E-state index >= 15 is 0 Å². The first-order chi connectivity index (χ1) is 14.9. The molecule has 0 radical (unpaired) electrons. The van der Waals surface area contributed by atoms with Crippen molar-refractivity contribution in [3.63, 3.8) is 0 Å². The van der Waals surface area contributed by atoms with Crippen molar-refractivity contribution in [1.82, 2.24) is 9.47 Å². The lowest BCUT2D eigenvalue weighted by molar-refractivity contribution is -0.130. The number of aryl methyl sites for hydroxylation is 1. The highest BCUT2D eigenvalue weighted by Crippen LogP contribution is 2.24. The summed E-state index contributed by atoms with van der Waals surface area (Å²) in [4.78, 5) is 26.5. The van der Waals surface area contributed by atoms with Gasteiger partial charge in [-0.2, -0.15) is 0 Å². The third kappa shape index (κ3) is 4.59. The molecule has 1 aliphatic rings. The van der Waals surface area contributed by atoms with Crippen LogP contribution in [0.25, 0.3) is 10.2 Å². The number of benzene rings is 2. The third-order valence-electron chi connectivity index (χ3n) is 5.30. The van der Waals surface area contributed by atoms with Crippen molar-refractivity contribution in [2.24, 2.45) is 0 Å². The molecule has 0 atom stereocenters. The highest BCUT2D eigenvalue weighted by atomic mass is 32.2. The molecular formula is C21H23N3O5S2. The number of likely N-dealkylation sites (tertiary alicyclic amines) is 1. The van der Waals surface area contributed by atoms with Gasteiger partial charge in [-0.1, -0.05) is 11.3 Å². The summed E-state index contributed by atoms with van der Waals surface area (Å²) in [6, 6.07) is 11.1. The first-order valence-electron chi connectivity index (χ1n) is 9.95. The summed E-state index contributed by atoms with van der Waals surface area (Å²) in [5.41, 5.74) is 1.04. The number of rotatable bonds is 7. The van der Waals surface area contributed by atoms with Gasteiger partial charge in [0.05, 0.1) is 22.2 Å². The number of thiazole rings is 1. The van der Waals surface area contributed by atoms with Gasteiger partial charge in [-0.3, -0.25) is 18.9 Å². The maximum atomic E-state index is 12.8. The van der Waals surface area contributed by atoms with Crippen molar-refractivity contribution in [2.75, 3.05) is 24.9 Å². The van der Waals surface area contributed by atoms with E-state index in [4.69, 9.17) is 4.74 Å². The Balaban J connectivity index is 1.53. The van der Waals surface area contributed by atoms with E-state index in [0.717, 1.165) is 37.3 Å². The molecule has 4 rings (SSSR count). The van der Waals surface area contributed by atoms with E-state index in [1.54, 1.807) is 34.9 Å². The van der Waals surface area contributed by atoms with E-state index in [1.807, 2.05) is 4.90 Å². The van der Waals surface area contributed by atoms with Gasteiger partial charge in [-0.25, -0.2) is 8.42 Å². The molecule has 0 bridgehead atoms. The van der Waals surface area contributed by atoms with Crippen LogP contribution >= 0.6 is 11.3 Å². The molecule has 2 aromatic carbocycles. The number of amides is 1. The number of carbonyl (C=O) groups excluding carboxylic acids is 1. The number of carbonyl (C=O) groups is 1. The molecular weight excluding hydrogens is 438 g/mol. The van der Waals surface area contributed by atoms with Gasteiger partial charge in [0, 0.05) is 31.7 Å². The largest absolute Gasteiger partial charge is 0.497 e. The third-order valence-corrected chi connectivity index (χ3v) is 7.62. The van der Waals surface area contributed by atoms with E-state index < -0.39 is 10.0 Å². The molecule has 3 aromatic rings. The van der Waals surface area contributed by atoms with Crippen LogP contribution in [0.5, 0.6) is 5.75 Å². The van der Waals surface area contributed by atoms with Crippen molar-refractivity contribution in [3.8, 4) is 5.75 Å². The van der Waals surface area contributed by atoms with Crippen LogP contribution in [-0.2, 0) is 21.4 Å². The molecule has 0 aliphatic carbocycles. The number of nitrogens with zero attached hydrogens (tertiary/aromatic N) is 2. The van der Waals surface area contributed by atoms with Crippen molar-refractivity contribution < 1.29 is 17.9 Å². The average Bonchev–Trinajstić information content (AvgIpc) is 3.39. The van der Waals surface area contributed by atoms with Crippen LogP contribution in [-0.4, -0.2) is 44.0 Å². The molecule has 1 aliphatic heterocycles. The summed E-state index contributed by atoms with van der Waals surface area (Å²) in [5.74, 6) is 0.672. The Morgan fingerprint density at radius 2 is 1.84 bits per heavy atom. The lowest BCUT2D eigenvalue weighted by Gasteiger charge is -2.15. The maximum Gasteiger partial charge on any atom is 0.308 e. The smallest absolute Gasteiger partial charge is 0.308 e. The van der Waals surface area contributed by atoms with E-state index in [9.17, 15) is 18.0 Å². The molecule has 31 heavy (non-hydrogen) atoms. The van der Waals surface area contributed by atoms with Gasteiger partial charge in [0.1, 0.15) is 5.75 Å². The molecule has 1 saturated heterocycles. The standard InChI is InChI=1S/C21H23N3O5S2/c1-29-16-6-4-15(5-7-16)22-31(27,28)17-8-9-18-19(14-17)30-21(26)24(18)13-10-20(25)23-11-2-3-12-23/h4-9,14,22H,2-3,10-13H2,1H3. The van der Waals surface area contributed by atoms with E-state index in [1.165, 1.54) is 19.2 Å².